The van der Waals surface area contributed by atoms with E-state index in [1.54, 1.807) is 12.1 Å². The quantitative estimate of drug-likeness (QED) is 0.762. The van der Waals surface area contributed by atoms with Crippen molar-refractivity contribution >= 4 is 5.91 Å². The van der Waals surface area contributed by atoms with Crippen molar-refractivity contribution in [3.8, 4) is 5.69 Å². The Hall–Kier alpha value is -2.51. The van der Waals surface area contributed by atoms with E-state index in [2.05, 4.69) is 21.3 Å². The molecule has 4 rings (SSSR count). The summed E-state index contributed by atoms with van der Waals surface area (Å²) in [7, 11) is 0. The maximum absolute atomic E-state index is 12.7. The van der Waals surface area contributed by atoms with E-state index in [1.807, 2.05) is 18.2 Å². The second kappa shape index (κ2) is 6.78. The van der Waals surface area contributed by atoms with Gasteiger partial charge in [-0.25, -0.2) is 0 Å². The molecule has 2 aliphatic rings. The van der Waals surface area contributed by atoms with Crippen molar-refractivity contribution in [1.82, 2.24) is 25.9 Å². The molecule has 2 heterocycles. The van der Waals surface area contributed by atoms with Gasteiger partial charge in [-0.05, 0) is 37.0 Å². The molecule has 0 spiro atoms. The fourth-order valence-electron chi connectivity index (χ4n) is 3.73. The number of nitrogens with one attached hydrogen (secondary N) is 3. The Bertz CT molecular complexity index is 820. The Kier molecular flexibility index (Phi) is 4.33. The number of para-hydroxylation sites is 1. The van der Waals surface area contributed by atoms with Gasteiger partial charge in [0.2, 0.25) is 0 Å². The number of fused-ring (bicyclic) bond motifs is 1. The van der Waals surface area contributed by atoms with Crippen LogP contribution < -0.4 is 21.7 Å². The number of carbonyl (C=O) groups is 1. The molecule has 1 saturated carbocycles. The van der Waals surface area contributed by atoms with Crippen molar-refractivity contribution in [3.63, 3.8) is 0 Å². The lowest BCUT2D eigenvalue weighted by molar-refractivity contribution is 0.0903. The minimum atomic E-state index is -0.262. The third kappa shape index (κ3) is 3.20. The van der Waals surface area contributed by atoms with Crippen LogP contribution >= 0.6 is 0 Å². The normalized spacial score (nSPS) is 25.4. The molecule has 2 fully saturated rings. The molecule has 0 radical (unpaired) electrons. The standard InChI is InChI=1S/C18H21N5O2/c24-16-10-9-15(22-23(16)13-6-2-1-3-7-13)18(25)20-14-8-4-5-12-11-19-21-17(12)14/h1-3,6-7,9-10,12,14,17,19,21H,4-5,8,11H2,(H,20,25). The van der Waals surface area contributed by atoms with Crippen LogP contribution in [0, 0.1) is 5.92 Å². The van der Waals surface area contributed by atoms with E-state index >= 15 is 0 Å². The molecular formula is C18H21N5O2. The largest absolute Gasteiger partial charge is 0.346 e. The maximum atomic E-state index is 12.7. The van der Waals surface area contributed by atoms with Gasteiger partial charge in [-0.2, -0.15) is 9.78 Å². The van der Waals surface area contributed by atoms with Gasteiger partial charge in [0, 0.05) is 24.7 Å². The summed E-state index contributed by atoms with van der Waals surface area (Å²) in [6, 6.07) is 12.3. The Morgan fingerprint density at radius 3 is 2.84 bits per heavy atom. The Morgan fingerprint density at radius 2 is 2.00 bits per heavy atom. The van der Waals surface area contributed by atoms with Crippen LogP contribution in [0.3, 0.4) is 0 Å². The van der Waals surface area contributed by atoms with Crippen molar-refractivity contribution < 1.29 is 4.79 Å². The van der Waals surface area contributed by atoms with Crippen LogP contribution in [0.25, 0.3) is 5.69 Å². The number of carbonyl (C=O) groups excluding carboxylic acids is 1. The van der Waals surface area contributed by atoms with E-state index in [-0.39, 0.29) is 29.2 Å². The number of nitrogens with zero attached hydrogens (tertiary/aromatic N) is 2. The van der Waals surface area contributed by atoms with Crippen LogP contribution in [-0.4, -0.2) is 34.3 Å². The van der Waals surface area contributed by atoms with Crippen LogP contribution in [0.15, 0.2) is 47.3 Å². The topological polar surface area (TPSA) is 88.0 Å². The van der Waals surface area contributed by atoms with Crippen LogP contribution in [0.4, 0.5) is 0 Å². The van der Waals surface area contributed by atoms with Gasteiger partial charge < -0.3 is 5.32 Å². The summed E-state index contributed by atoms with van der Waals surface area (Å²) in [5.74, 6) is 0.300. The van der Waals surface area contributed by atoms with E-state index in [0.717, 1.165) is 19.4 Å². The molecule has 1 amide bonds. The van der Waals surface area contributed by atoms with Crippen molar-refractivity contribution in [2.24, 2.45) is 5.92 Å². The SMILES string of the molecule is O=C(NC1CCCC2CNNC21)c1ccc(=O)n(-c2ccccc2)n1. The number of hydrogen-bond donors (Lipinski definition) is 3. The number of aromatic nitrogens is 2. The molecule has 3 atom stereocenters. The number of rotatable bonds is 3. The smallest absolute Gasteiger partial charge is 0.272 e. The molecule has 1 aromatic heterocycles. The number of hydrazine groups is 1. The minimum absolute atomic E-state index is 0.0696. The van der Waals surface area contributed by atoms with Crippen LogP contribution in [0.1, 0.15) is 29.8 Å². The maximum Gasteiger partial charge on any atom is 0.272 e. The van der Waals surface area contributed by atoms with Crippen LogP contribution in [0.5, 0.6) is 0 Å². The summed E-state index contributed by atoms with van der Waals surface area (Å²) in [5.41, 5.74) is 7.08. The lowest BCUT2D eigenvalue weighted by Crippen LogP contribution is -2.53. The van der Waals surface area contributed by atoms with Crippen molar-refractivity contribution in [1.29, 1.82) is 0 Å². The van der Waals surface area contributed by atoms with E-state index in [0.29, 0.717) is 11.6 Å². The van der Waals surface area contributed by atoms with E-state index in [1.165, 1.54) is 23.2 Å². The van der Waals surface area contributed by atoms with Gasteiger partial charge in [-0.15, -0.1) is 0 Å². The highest BCUT2D eigenvalue weighted by molar-refractivity contribution is 5.92. The zero-order valence-electron chi connectivity index (χ0n) is 13.8. The summed E-state index contributed by atoms with van der Waals surface area (Å²) in [5, 5.41) is 7.33. The summed E-state index contributed by atoms with van der Waals surface area (Å²) in [4.78, 5) is 24.7. The Morgan fingerprint density at radius 1 is 1.16 bits per heavy atom. The second-order valence-electron chi connectivity index (χ2n) is 6.63. The second-order valence-corrected chi connectivity index (χ2v) is 6.63. The summed E-state index contributed by atoms with van der Waals surface area (Å²) < 4.78 is 1.26. The van der Waals surface area contributed by atoms with Gasteiger partial charge in [0.1, 0.15) is 5.69 Å². The fraction of sp³-hybridized carbons (Fsp3) is 0.389. The average molecular weight is 339 g/mol. The van der Waals surface area contributed by atoms with Gasteiger partial charge in [-0.1, -0.05) is 24.6 Å². The zero-order valence-corrected chi connectivity index (χ0v) is 13.8. The van der Waals surface area contributed by atoms with Gasteiger partial charge >= 0.3 is 0 Å². The monoisotopic (exact) mass is 339 g/mol. The van der Waals surface area contributed by atoms with Crippen molar-refractivity contribution in [3.05, 3.63) is 58.5 Å². The number of hydrogen-bond acceptors (Lipinski definition) is 5. The van der Waals surface area contributed by atoms with Crippen molar-refractivity contribution in [2.75, 3.05) is 6.54 Å². The van der Waals surface area contributed by atoms with Gasteiger partial charge in [0.15, 0.2) is 0 Å². The molecule has 7 nitrogen and oxygen atoms in total. The molecule has 1 aromatic carbocycles. The Balaban J connectivity index is 1.55. The molecule has 1 aliphatic carbocycles. The first-order chi connectivity index (χ1) is 12.2. The molecule has 7 heteroatoms. The minimum Gasteiger partial charge on any atom is -0.346 e. The molecule has 25 heavy (non-hydrogen) atoms. The van der Waals surface area contributed by atoms with Gasteiger partial charge in [0.05, 0.1) is 5.69 Å². The fourth-order valence-corrected chi connectivity index (χ4v) is 3.73. The highest BCUT2D eigenvalue weighted by Crippen LogP contribution is 2.26. The lowest BCUT2D eigenvalue weighted by atomic mass is 9.82. The van der Waals surface area contributed by atoms with E-state index in [4.69, 9.17) is 0 Å². The molecule has 3 N–H and O–H groups in total. The summed E-state index contributed by atoms with van der Waals surface area (Å²) in [6.45, 7) is 0.939. The highest BCUT2D eigenvalue weighted by atomic mass is 16.2. The summed E-state index contributed by atoms with van der Waals surface area (Å²) >= 11 is 0. The lowest BCUT2D eigenvalue weighted by Gasteiger charge is -2.33. The summed E-state index contributed by atoms with van der Waals surface area (Å²) in [6.07, 6.45) is 3.22. The molecule has 3 unspecified atom stereocenters. The predicted molar refractivity (Wildman–Crippen MR) is 93.4 cm³/mol. The van der Waals surface area contributed by atoms with Crippen LogP contribution in [-0.2, 0) is 0 Å². The molecule has 1 aliphatic heterocycles. The Labute approximate surface area is 145 Å². The predicted octanol–water partition coefficient (Wildman–Crippen LogP) is 0.607. The first kappa shape index (κ1) is 16.0. The van der Waals surface area contributed by atoms with Gasteiger partial charge in [-0.3, -0.25) is 20.4 Å². The van der Waals surface area contributed by atoms with E-state index in [9.17, 15) is 9.59 Å². The molecule has 1 saturated heterocycles. The van der Waals surface area contributed by atoms with Crippen molar-refractivity contribution in [2.45, 2.75) is 31.3 Å². The number of benzene rings is 1. The third-order valence-corrected chi connectivity index (χ3v) is 5.01. The molecule has 0 bridgehead atoms. The molecule has 2 aromatic rings. The highest BCUT2D eigenvalue weighted by Gasteiger charge is 2.37. The zero-order chi connectivity index (χ0) is 17.2. The first-order valence-corrected chi connectivity index (χ1v) is 8.67. The average Bonchev–Trinajstić information content (AvgIpc) is 3.12. The molecular weight excluding hydrogens is 318 g/mol. The van der Waals surface area contributed by atoms with Crippen LogP contribution in [0.2, 0.25) is 0 Å². The number of amides is 1. The molecule has 130 valence electrons. The van der Waals surface area contributed by atoms with Gasteiger partial charge in [0.25, 0.3) is 11.5 Å². The van der Waals surface area contributed by atoms with E-state index < -0.39 is 0 Å². The first-order valence-electron chi connectivity index (χ1n) is 8.67. The third-order valence-electron chi connectivity index (χ3n) is 5.01.